The second-order valence-electron chi connectivity index (χ2n) is 2.66. The van der Waals surface area contributed by atoms with Crippen molar-refractivity contribution in [1.29, 1.82) is 0 Å². The predicted molar refractivity (Wildman–Crippen MR) is 47.0 cm³/mol. The lowest BCUT2D eigenvalue weighted by molar-refractivity contribution is -0.107. The number of rotatable bonds is 2. The molecule has 3 heteroatoms. The molecular weight excluding hydrogens is 154 g/mol. The van der Waals surface area contributed by atoms with Gasteiger partial charge in [0.05, 0.1) is 0 Å². The zero-order chi connectivity index (χ0) is 9.14. The topological polar surface area (TPSA) is 63.3 Å². The Kier molecular flexibility index (Phi) is 2.33. The summed E-state index contributed by atoms with van der Waals surface area (Å²) in [5.74, 6) is 0.127. The van der Waals surface area contributed by atoms with E-state index in [1.807, 2.05) is 0 Å². The average Bonchev–Trinajstić information content (AvgIpc) is 2.07. The summed E-state index contributed by atoms with van der Waals surface area (Å²) in [5, 5.41) is 9.47. The number of anilines is 1. The Morgan fingerprint density at radius 1 is 1.58 bits per heavy atom. The first kappa shape index (κ1) is 8.59. The van der Waals surface area contributed by atoms with E-state index in [4.69, 9.17) is 5.73 Å². The molecule has 0 bridgehead atoms. The normalized spacial score (nSPS) is 9.75. The molecule has 0 radical (unpaired) electrons. The average molecular weight is 165 g/mol. The van der Waals surface area contributed by atoms with Crippen LogP contribution >= 0.6 is 0 Å². The summed E-state index contributed by atoms with van der Waals surface area (Å²) in [5.41, 5.74) is 7.34. The molecule has 0 aliphatic heterocycles. The Bertz CT molecular complexity index is 308. The van der Waals surface area contributed by atoms with Gasteiger partial charge in [0, 0.05) is 23.2 Å². The van der Waals surface area contributed by atoms with Gasteiger partial charge < -0.3 is 15.6 Å². The molecule has 0 aromatic heterocycles. The molecule has 1 rings (SSSR count). The van der Waals surface area contributed by atoms with Crippen LogP contribution in [0.1, 0.15) is 11.1 Å². The van der Waals surface area contributed by atoms with E-state index >= 15 is 0 Å². The number of hydrogen-bond acceptors (Lipinski definition) is 3. The van der Waals surface area contributed by atoms with Crippen molar-refractivity contribution in [3.8, 4) is 5.75 Å². The predicted octanol–water partition coefficient (Wildman–Crippen LogP) is 1.02. The van der Waals surface area contributed by atoms with Gasteiger partial charge in [0.15, 0.2) is 0 Å². The van der Waals surface area contributed by atoms with Gasteiger partial charge in [-0.15, -0.1) is 0 Å². The van der Waals surface area contributed by atoms with Crippen LogP contribution in [0.4, 0.5) is 5.69 Å². The van der Waals surface area contributed by atoms with Gasteiger partial charge in [-0.1, -0.05) is 6.07 Å². The number of phenolic OH excluding ortho intramolecular Hbond substituents is 1. The minimum absolute atomic E-state index is 0.127. The lowest BCUT2D eigenvalue weighted by atomic mass is 10.1. The molecular formula is C9H11NO2. The highest BCUT2D eigenvalue weighted by molar-refractivity contribution is 5.62. The lowest BCUT2D eigenvalue weighted by Crippen LogP contribution is -1.94. The molecule has 1 aromatic rings. The van der Waals surface area contributed by atoms with Crippen LogP contribution in [-0.2, 0) is 11.2 Å². The zero-order valence-corrected chi connectivity index (χ0v) is 6.87. The van der Waals surface area contributed by atoms with Crippen molar-refractivity contribution in [1.82, 2.24) is 0 Å². The molecule has 3 N–H and O–H groups in total. The summed E-state index contributed by atoms with van der Waals surface area (Å²) in [6, 6.07) is 3.35. The minimum atomic E-state index is 0.127. The third kappa shape index (κ3) is 1.39. The number of hydrogen-bond donors (Lipinski definition) is 2. The molecule has 0 saturated carbocycles. The summed E-state index contributed by atoms with van der Waals surface area (Å²) in [6.07, 6.45) is 0.984. The largest absolute Gasteiger partial charge is 0.507 e. The molecule has 12 heavy (non-hydrogen) atoms. The summed E-state index contributed by atoms with van der Waals surface area (Å²) < 4.78 is 0. The van der Waals surface area contributed by atoms with E-state index in [2.05, 4.69) is 0 Å². The van der Waals surface area contributed by atoms with Gasteiger partial charge >= 0.3 is 0 Å². The number of carbonyl (C=O) groups is 1. The van der Waals surface area contributed by atoms with E-state index in [1.165, 1.54) is 0 Å². The van der Waals surface area contributed by atoms with E-state index in [9.17, 15) is 9.90 Å². The van der Waals surface area contributed by atoms with E-state index in [-0.39, 0.29) is 12.2 Å². The Morgan fingerprint density at radius 2 is 2.25 bits per heavy atom. The zero-order valence-electron chi connectivity index (χ0n) is 6.87. The van der Waals surface area contributed by atoms with Crippen LogP contribution in [0, 0.1) is 6.92 Å². The number of aldehydes is 1. The van der Waals surface area contributed by atoms with Crippen molar-refractivity contribution in [3.05, 3.63) is 23.3 Å². The Balaban J connectivity index is 3.16. The molecule has 3 nitrogen and oxygen atoms in total. The van der Waals surface area contributed by atoms with Crippen molar-refractivity contribution in [2.75, 3.05) is 5.73 Å². The van der Waals surface area contributed by atoms with E-state index in [0.29, 0.717) is 16.8 Å². The monoisotopic (exact) mass is 165 g/mol. The maximum absolute atomic E-state index is 10.2. The van der Waals surface area contributed by atoms with Gasteiger partial charge in [-0.3, -0.25) is 0 Å². The fourth-order valence-corrected chi connectivity index (χ4v) is 1.03. The quantitative estimate of drug-likeness (QED) is 0.508. The number of aromatic hydroxyl groups is 1. The first-order valence-corrected chi connectivity index (χ1v) is 3.67. The van der Waals surface area contributed by atoms with Gasteiger partial charge in [0.2, 0.25) is 0 Å². The molecule has 0 saturated heterocycles. The fourth-order valence-electron chi connectivity index (χ4n) is 1.03. The van der Waals surface area contributed by atoms with Crippen LogP contribution in [0.15, 0.2) is 12.1 Å². The van der Waals surface area contributed by atoms with Gasteiger partial charge in [-0.2, -0.15) is 0 Å². The van der Waals surface area contributed by atoms with Gasteiger partial charge in [-0.05, 0) is 13.0 Å². The Hall–Kier alpha value is -1.51. The van der Waals surface area contributed by atoms with Gasteiger partial charge in [0.25, 0.3) is 0 Å². The molecule has 0 aliphatic rings. The van der Waals surface area contributed by atoms with Crippen molar-refractivity contribution in [2.24, 2.45) is 0 Å². The standard InChI is InChI=1S/C9H11NO2/c1-6-8(10)3-2-7(4-5-11)9(6)12/h2-3,5,12H,4,10H2,1H3. The lowest BCUT2D eigenvalue weighted by Gasteiger charge is -2.06. The first-order valence-electron chi connectivity index (χ1n) is 3.67. The third-order valence-corrected chi connectivity index (χ3v) is 1.86. The number of carbonyl (C=O) groups excluding carboxylic acids is 1. The fraction of sp³-hybridized carbons (Fsp3) is 0.222. The van der Waals surface area contributed by atoms with E-state index in [0.717, 1.165) is 6.29 Å². The van der Waals surface area contributed by atoms with Crippen molar-refractivity contribution in [2.45, 2.75) is 13.3 Å². The maximum atomic E-state index is 10.2. The highest BCUT2D eigenvalue weighted by Crippen LogP contribution is 2.26. The molecule has 0 aliphatic carbocycles. The Labute approximate surface area is 70.8 Å². The van der Waals surface area contributed by atoms with Crippen LogP contribution in [0.3, 0.4) is 0 Å². The minimum Gasteiger partial charge on any atom is -0.507 e. The van der Waals surface area contributed by atoms with Crippen molar-refractivity contribution >= 4 is 12.0 Å². The molecule has 0 atom stereocenters. The van der Waals surface area contributed by atoms with Crippen LogP contribution < -0.4 is 5.73 Å². The van der Waals surface area contributed by atoms with Crippen molar-refractivity contribution in [3.63, 3.8) is 0 Å². The molecule has 1 aromatic carbocycles. The number of nitrogens with two attached hydrogens (primary N) is 1. The van der Waals surface area contributed by atoms with E-state index < -0.39 is 0 Å². The van der Waals surface area contributed by atoms with Gasteiger partial charge in [0.1, 0.15) is 12.0 Å². The van der Waals surface area contributed by atoms with Crippen molar-refractivity contribution < 1.29 is 9.90 Å². The van der Waals surface area contributed by atoms with Crippen LogP contribution in [0.2, 0.25) is 0 Å². The third-order valence-electron chi connectivity index (χ3n) is 1.86. The molecule has 0 heterocycles. The number of phenols is 1. The molecule has 64 valence electrons. The van der Waals surface area contributed by atoms with Crippen LogP contribution in [0.25, 0.3) is 0 Å². The van der Waals surface area contributed by atoms with E-state index in [1.54, 1.807) is 19.1 Å². The number of benzene rings is 1. The second-order valence-corrected chi connectivity index (χ2v) is 2.66. The highest BCUT2D eigenvalue weighted by Gasteiger charge is 2.05. The van der Waals surface area contributed by atoms with Crippen LogP contribution in [-0.4, -0.2) is 11.4 Å². The summed E-state index contributed by atoms with van der Waals surface area (Å²) in [4.78, 5) is 10.2. The summed E-state index contributed by atoms with van der Waals surface area (Å²) in [6.45, 7) is 1.72. The molecule has 0 amide bonds. The summed E-state index contributed by atoms with van der Waals surface area (Å²) in [7, 11) is 0. The maximum Gasteiger partial charge on any atom is 0.124 e. The Morgan fingerprint density at radius 3 is 2.83 bits per heavy atom. The second kappa shape index (κ2) is 3.26. The smallest absolute Gasteiger partial charge is 0.124 e. The van der Waals surface area contributed by atoms with Crippen LogP contribution in [0.5, 0.6) is 5.75 Å². The SMILES string of the molecule is Cc1c(N)ccc(CC=O)c1O. The molecule has 0 spiro atoms. The molecule has 0 fully saturated rings. The molecule has 0 unspecified atom stereocenters. The summed E-state index contributed by atoms with van der Waals surface area (Å²) >= 11 is 0. The van der Waals surface area contributed by atoms with Gasteiger partial charge in [-0.25, -0.2) is 0 Å². The first-order chi connectivity index (χ1) is 5.66. The number of nitrogen functional groups attached to an aromatic ring is 1. The highest BCUT2D eigenvalue weighted by atomic mass is 16.3.